The fourth-order valence-electron chi connectivity index (χ4n) is 2.62. The Morgan fingerprint density at radius 1 is 1.00 bits per heavy atom. The van der Waals surface area contributed by atoms with Gasteiger partial charge in [-0.05, 0) is 48.6 Å². The maximum absolute atomic E-state index is 11.9. The van der Waals surface area contributed by atoms with Gasteiger partial charge in [0.2, 0.25) is 0 Å². The van der Waals surface area contributed by atoms with Crippen molar-refractivity contribution in [1.29, 1.82) is 0 Å². The summed E-state index contributed by atoms with van der Waals surface area (Å²) in [6, 6.07) is 18.0. The van der Waals surface area contributed by atoms with Crippen LogP contribution in [-0.4, -0.2) is 11.7 Å². The average Bonchev–Trinajstić information content (AvgIpc) is 2.68. The van der Waals surface area contributed by atoms with Crippen molar-refractivity contribution in [2.45, 2.75) is 19.8 Å². The Balaban J connectivity index is 1.67. The second kappa shape index (κ2) is 8.11. The molecule has 0 unspecified atom stereocenters. The highest BCUT2D eigenvalue weighted by Gasteiger charge is 2.05. The van der Waals surface area contributed by atoms with E-state index in [1.165, 1.54) is 0 Å². The summed E-state index contributed by atoms with van der Waals surface area (Å²) in [5.74, 6) is 0. The Hall–Kier alpha value is -3.14. The molecule has 126 valence electrons. The van der Waals surface area contributed by atoms with Crippen LogP contribution in [0.2, 0.25) is 0 Å². The van der Waals surface area contributed by atoms with E-state index in [-0.39, 0.29) is 6.03 Å². The van der Waals surface area contributed by atoms with Gasteiger partial charge in [0, 0.05) is 5.70 Å². The minimum atomic E-state index is -0.337. The minimum absolute atomic E-state index is 0.337. The zero-order chi connectivity index (χ0) is 17.5. The maximum Gasteiger partial charge on any atom is 0.339 e. The first-order valence-corrected chi connectivity index (χ1v) is 8.36. The van der Waals surface area contributed by atoms with Gasteiger partial charge in [0.1, 0.15) is 0 Å². The summed E-state index contributed by atoms with van der Waals surface area (Å²) in [6.45, 7) is 1.88. The van der Waals surface area contributed by atoms with Gasteiger partial charge in [-0.3, -0.25) is 0 Å². The largest absolute Gasteiger partial charge is 0.339 e. The number of hydrogen-bond acceptors (Lipinski definition) is 2. The molecule has 0 spiro atoms. The van der Waals surface area contributed by atoms with E-state index in [1.54, 1.807) is 0 Å². The number of amides is 2. The second-order valence-electron chi connectivity index (χ2n) is 5.85. The predicted octanol–water partition coefficient (Wildman–Crippen LogP) is 4.61. The molecule has 0 aliphatic heterocycles. The van der Waals surface area contributed by atoms with E-state index in [4.69, 9.17) is 0 Å². The van der Waals surface area contributed by atoms with Crippen LogP contribution in [0, 0.1) is 0 Å². The highest BCUT2D eigenvalue weighted by molar-refractivity contribution is 6.00. The molecule has 1 aliphatic carbocycles. The molecule has 2 aromatic carbocycles. The summed E-state index contributed by atoms with van der Waals surface area (Å²) in [5.41, 5.74) is 7.35. The van der Waals surface area contributed by atoms with Gasteiger partial charge in [-0.2, -0.15) is 5.10 Å². The lowest BCUT2D eigenvalue weighted by atomic mass is 10.0. The van der Waals surface area contributed by atoms with Crippen LogP contribution in [0.5, 0.6) is 0 Å². The number of nitrogens with one attached hydrogen (secondary N) is 2. The fraction of sp³-hybridized carbons (Fsp3) is 0.143. The standard InChI is InChI=1S/C21H21N3O/c1-16(23-24-21(25)22-20-13-6-3-7-14-20)18-11-8-12-19(15-18)17-9-4-2-5-10-17/h2,4-6,8-15H,3,7H2,1H3,(H2,22,24,25)/b23-16-. The number of benzene rings is 2. The van der Waals surface area contributed by atoms with Gasteiger partial charge in [-0.15, -0.1) is 0 Å². The molecule has 4 heteroatoms. The van der Waals surface area contributed by atoms with Gasteiger partial charge in [0.15, 0.2) is 0 Å². The Labute approximate surface area is 148 Å². The average molecular weight is 331 g/mol. The third-order valence-corrected chi connectivity index (χ3v) is 3.97. The number of nitrogens with zero attached hydrogens (tertiary/aromatic N) is 1. The first kappa shape index (κ1) is 16.7. The normalized spacial score (nSPS) is 14.0. The van der Waals surface area contributed by atoms with Crippen molar-refractivity contribution >= 4 is 11.7 Å². The molecule has 0 fully saturated rings. The zero-order valence-corrected chi connectivity index (χ0v) is 14.2. The third-order valence-electron chi connectivity index (χ3n) is 3.97. The van der Waals surface area contributed by atoms with Crippen molar-refractivity contribution in [3.05, 3.63) is 84.1 Å². The van der Waals surface area contributed by atoms with E-state index in [2.05, 4.69) is 40.1 Å². The number of rotatable bonds is 4. The van der Waals surface area contributed by atoms with Crippen LogP contribution < -0.4 is 10.7 Å². The van der Waals surface area contributed by atoms with E-state index in [1.807, 2.05) is 55.5 Å². The summed E-state index contributed by atoms with van der Waals surface area (Å²) in [6.07, 6.45) is 7.91. The van der Waals surface area contributed by atoms with E-state index >= 15 is 0 Å². The summed E-state index contributed by atoms with van der Waals surface area (Å²) >= 11 is 0. The van der Waals surface area contributed by atoms with E-state index < -0.39 is 0 Å². The summed E-state index contributed by atoms with van der Waals surface area (Å²) < 4.78 is 0. The highest BCUT2D eigenvalue weighted by atomic mass is 16.2. The van der Waals surface area contributed by atoms with Crippen molar-refractivity contribution in [3.63, 3.8) is 0 Å². The Morgan fingerprint density at radius 3 is 2.56 bits per heavy atom. The molecule has 0 heterocycles. The van der Waals surface area contributed by atoms with Crippen LogP contribution in [-0.2, 0) is 0 Å². The molecule has 0 radical (unpaired) electrons. The number of allylic oxidation sites excluding steroid dienone is 3. The van der Waals surface area contributed by atoms with Gasteiger partial charge in [0.25, 0.3) is 0 Å². The van der Waals surface area contributed by atoms with Crippen molar-refractivity contribution in [2.24, 2.45) is 5.10 Å². The monoisotopic (exact) mass is 331 g/mol. The lowest BCUT2D eigenvalue weighted by Gasteiger charge is -2.09. The van der Waals surface area contributed by atoms with Gasteiger partial charge < -0.3 is 5.32 Å². The molecule has 1 aliphatic rings. The fourth-order valence-corrected chi connectivity index (χ4v) is 2.62. The van der Waals surface area contributed by atoms with Gasteiger partial charge >= 0.3 is 6.03 Å². The quantitative estimate of drug-likeness (QED) is 0.624. The molecule has 0 saturated carbocycles. The predicted molar refractivity (Wildman–Crippen MR) is 102 cm³/mol. The topological polar surface area (TPSA) is 53.5 Å². The lowest BCUT2D eigenvalue weighted by Crippen LogP contribution is -2.32. The minimum Gasteiger partial charge on any atom is -0.307 e. The maximum atomic E-state index is 11.9. The zero-order valence-electron chi connectivity index (χ0n) is 14.2. The van der Waals surface area contributed by atoms with Crippen LogP contribution in [0.1, 0.15) is 25.3 Å². The lowest BCUT2D eigenvalue weighted by molar-refractivity contribution is 0.244. The van der Waals surface area contributed by atoms with E-state index in [0.717, 1.165) is 40.9 Å². The molecular weight excluding hydrogens is 310 g/mol. The summed E-state index contributed by atoms with van der Waals surface area (Å²) in [7, 11) is 0. The number of carbonyl (C=O) groups excluding carboxylic acids is 1. The Bertz CT molecular complexity index is 835. The molecule has 0 saturated heterocycles. The summed E-state index contributed by atoms with van der Waals surface area (Å²) in [4.78, 5) is 11.9. The first-order valence-electron chi connectivity index (χ1n) is 8.36. The van der Waals surface area contributed by atoms with E-state index in [0.29, 0.717) is 0 Å². The van der Waals surface area contributed by atoms with Crippen LogP contribution >= 0.6 is 0 Å². The Kier molecular flexibility index (Phi) is 5.42. The number of hydrogen-bond donors (Lipinski definition) is 2. The summed E-state index contributed by atoms with van der Waals surface area (Å²) in [5, 5.41) is 6.98. The van der Waals surface area contributed by atoms with Gasteiger partial charge in [-0.1, -0.05) is 60.7 Å². The molecule has 4 nitrogen and oxygen atoms in total. The van der Waals surface area contributed by atoms with Crippen LogP contribution in [0.3, 0.4) is 0 Å². The molecule has 3 rings (SSSR count). The molecular formula is C21H21N3O. The van der Waals surface area contributed by atoms with Crippen molar-refractivity contribution in [2.75, 3.05) is 0 Å². The number of urea groups is 1. The highest BCUT2D eigenvalue weighted by Crippen LogP contribution is 2.20. The van der Waals surface area contributed by atoms with Crippen molar-refractivity contribution in [3.8, 4) is 11.1 Å². The molecule has 0 bridgehead atoms. The number of carbonyl (C=O) groups is 1. The van der Waals surface area contributed by atoms with Crippen LogP contribution in [0.25, 0.3) is 11.1 Å². The van der Waals surface area contributed by atoms with Crippen molar-refractivity contribution < 1.29 is 4.79 Å². The molecule has 2 aromatic rings. The van der Waals surface area contributed by atoms with Crippen LogP contribution in [0.4, 0.5) is 4.79 Å². The van der Waals surface area contributed by atoms with Crippen LogP contribution in [0.15, 0.2) is 83.6 Å². The van der Waals surface area contributed by atoms with Gasteiger partial charge in [0.05, 0.1) is 5.71 Å². The second-order valence-corrected chi connectivity index (χ2v) is 5.85. The molecule has 2 N–H and O–H groups in total. The molecule has 0 aromatic heterocycles. The Morgan fingerprint density at radius 2 is 1.80 bits per heavy atom. The molecule has 25 heavy (non-hydrogen) atoms. The van der Waals surface area contributed by atoms with E-state index in [9.17, 15) is 4.79 Å². The SMILES string of the molecule is C/C(=N/NC(=O)NC1=CCCC=C1)c1cccc(-c2ccccc2)c1. The smallest absolute Gasteiger partial charge is 0.307 e. The molecule has 0 atom stereocenters. The third kappa shape index (κ3) is 4.67. The first-order chi connectivity index (χ1) is 12.2. The van der Waals surface area contributed by atoms with Crippen molar-refractivity contribution in [1.82, 2.24) is 10.7 Å². The number of hydrazone groups is 1. The molecule has 2 amide bonds. The van der Waals surface area contributed by atoms with Gasteiger partial charge in [-0.25, -0.2) is 10.2 Å².